The van der Waals surface area contributed by atoms with Gasteiger partial charge in [0.2, 0.25) is 5.91 Å². The van der Waals surface area contributed by atoms with Crippen LogP contribution in [0.5, 0.6) is 0 Å². The molecule has 0 bridgehead atoms. The van der Waals surface area contributed by atoms with Gasteiger partial charge < -0.3 is 35.8 Å². The number of carbonyl (C=O) groups excluding carboxylic acids is 2. The van der Waals surface area contributed by atoms with E-state index in [4.69, 9.17) is 25.5 Å². The number of anilines is 1. The number of carboxylic acids is 2. The topological polar surface area (TPSA) is 178 Å². The maximum atomic E-state index is 12.9. The second-order valence-electron chi connectivity index (χ2n) is 7.80. The zero-order chi connectivity index (χ0) is 25.1. The normalized spacial score (nSPS) is 21.0. The molecule has 2 aliphatic heterocycles. The fourth-order valence-corrected chi connectivity index (χ4v) is 3.95. The number of nitrogens with zero attached hydrogens (tertiary/aromatic N) is 4. The van der Waals surface area contributed by atoms with Crippen LogP contribution in [0.1, 0.15) is 37.2 Å². The van der Waals surface area contributed by atoms with Crippen molar-refractivity contribution in [1.29, 1.82) is 0 Å². The number of nitrogen functional groups attached to an aromatic ring is 1. The summed E-state index contributed by atoms with van der Waals surface area (Å²) < 4.78 is 0. The molecule has 1 aromatic heterocycles. The van der Waals surface area contributed by atoms with E-state index in [1.807, 2.05) is 11.9 Å². The van der Waals surface area contributed by atoms with Crippen LogP contribution in [0.4, 0.5) is 5.13 Å². The average molecular weight is 488 g/mol. The number of thiazole rings is 1. The highest BCUT2D eigenvalue weighted by molar-refractivity contribution is 7.13. The predicted octanol–water partition coefficient (Wildman–Crippen LogP) is -0.106. The molecule has 2 aliphatic rings. The van der Waals surface area contributed by atoms with Gasteiger partial charge >= 0.3 is 0 Å². The Hall–Kier alpha value is -2.77. The minimum Gasteiger partial charge on any atom is -0.481 e. The van der Waals surface area contributed by atoms with E-state index in [1.54, 1.807) is 10.3 Å². The zero-order valence-electron chi connectivity index (χ0n) is 19.1. The lowest BCUT2D eigenvalue weighted by Crippen LogP contribution is -2.53. The Morgan fingerprint density at radius 2 is 1.64 bits per heavy atom. The van der Waals surface area contributed by atoms with E-state index >= 15 is 0 Å². The maximum Gasteiger partial charge on any atom is 0.300 e. The molecule has 0 radical (unpaired) electrons. The van der Waals surface area contributed by atoms with Gasteiger partial charge in [0, 0.05) is 52.0 Å². The van der Waals surface area contributed by atoms with Crippen LogP contribution in [0.25, 0.3) is 0 Å². The fourth-order valence-electron chi connectivity index (χ4n) is 3.42. The zero-order valence-corrected chi connectivity index (χ0v) is 20.0. The quantitative estimate of drug-likeness (QED) is 0.440. The molecular formula is C20H33N5O7S. The summed E-state index contributed by atoms with van der Waals surface area (Å²) in [5.74, 6) is -2.52. The predicted molar refractivity (Wildman–Crippen MR) is 122 cm³/mol. The molecule has 0 unspecified atom stereocenters. The Balaban J connectivity index is 0.000000591. The van der Waals surface area contributed by atoms with Crippen molar-refractivity contribution in [3.63, 3.8) is 0 Å². The Morgan fingerprint density at radius 1 is 1.03 bits per heavy atom. The summed E-state index contributed by atoms with van der Waals surface area (Å²) in [6, 6.07) is 0. The lowest BCUT2D eigenvalue weighted by Gasteiger charge is -2.37. The summed E-state index contributed by atoms with van der Waals surface area (Å²) in [6.07, 6.45) is 0.611. The second kappa shape index (κ2) is 13.7. The second-order valence-corrected chi connectivity index (χ2v) is 8.69. The van der Waals surface area contributed by atoms with Gasteiger partial charge in [-0.3, -0.25) is 19.2 Å². The minimum absolute atomic E-state index is 0.0573. The number of hydrogen-bond acceptors (Lipinski definition) is 9. The van der Waals surface area contributed by atoms with Crippen LogP contribution in [0.3, 0.4) is 0 Å². The number of amides is 2. The smallest absolute Gasteiger partial charge is 0.300 e. The first-order valence-electron chi connectivity index (χ1n) is 10.5. The first-order chi connectivity index (χ1) is 15.4. The molecule has 0 aromatic carbocycles. The molecule has 2 saturated heterocycles. The number of rotatable bonds is 2. The van der Waals surface area contributed by atoms with Crippen molar-refractivity contribution in [3.05, 3.63) is 11.1 Å². The number of carboxylic acid groups (broad SMARTS) is 2. The van der Waals surface area contributed by atoms with Gasteiger partial charge in [-0.2, -0.15) is 0 Å². The molecule has 0 spiro atoms. The number of hydrogen-bond donors (Lipinski definition) is 4. The summed E-state index contributed by atoms with van der Waals surface area (Å²) in [5, 5.41) is 27.1. The third-order valence-corrected chi connectivity index (χ3v) is 5.63. The third-order valence-electron chi connectivity index (χ3n) is 4.95. The van der Waals surface area contributed by atoms with Crippen LogP contribution in [0.15, 0.2) is 5.38 Å². The van der Waals surface area contributed by atoms with Gasteiger partial charge in [0.15, 0.2) is 5.13 Å². The molecule has 13 heteroatoms. The van der Waals surface area contributed by atoms with E-state index in [-0.39, 0.29) is 18.4 Å². The summed E-state index contributed by atoms with van der Waals surface area (Å²) >= 11 is 1.22. The van der Waals surface area contributed by atoms with E-state index in [0.29, 0.717) is 36.9 Å². The van der Waals surface area contributed by atoms with Gasteiger partial charge in [-0.25, -0.2) is 4.98 Å². The molecule has 33 heavy (non-hydrogen) atoms. The minimum atomic E-state index is -0.833. The highest BCUT2D eigenvalue weighted by Crippen LogP contribution is 2.23. The number of aliphatic hydroxyl groups excluding tert-OH is 1. The molecule has 3 rings (SSSR count). The molecule has 0 saturated carbocycles. The van der Waals surface area contributed by atoms with Gasteiger partial charge in [0.1, 0.15) is 5.69 Å². The molecule has 2 amide bonds. The van der Waals surface area contributed by atoms with E-state index in [9.17, 15) is 14.7 Å². The number of aliphatic hydroxyl groups is 1. The fraction of sp³-hybridized carbons (Fsp3) is 0.650. The molecule has 5 N–H and O–H groups in total. The SMILES string of the molecule is CC(=O)O.CC(=O)O.CN1CCCN(C(=O)[C@H]2CN(C(=O)c3csc(N)n3)CC[C@H]2O)CC1. The molecule has 2 fully saturated rings. The molecule has 3 heterocycles. The Kier molecular flexibility index (Phi) is 11.7. The average Bonchev–Trinajstić information content (AvgIpc) is 3.03. The van der Waals surface area contributed by atoms with Crippen molar-refractivity contribution >= 4 is 40.2 Å². The van der Waals surface area contributed by atoms with Gasteiger partial charge in [-0.1, -0.05) is 0 Å². The molecule has 12 nitrogen and oxygen atoms in total. The first-order valence-corrected chi connectivity index (χ1v) is 11.3. The van der Waals surface area contributed by atoms with Crippen molar-refractivity contribution in [1.82, 2.24) is 19.7 Å². The molecule has 0 aliphatic carbocycles. The number of aromatic nitrogens is 1. The number of nitrogens with two attached hydrogens (primary N) is 1. The molecule has 1 aromatic rings. The van der Waals surface area contributed by atoms with Crippen molar-refractivity contribution in [2.45, 2.75) is 32.8 Å². The van der Waals surface area contributed by atoms with Crippen LogP contribution < -0.4 is 5.73 Å². The lowest BCUT2D eigenvalue weighted by molar-refractivity contribution is -0.141. The third kappa shape index (κ3) is 10.1. The first kappa shape index (κ1) is 28.3. The van der Waals surface area contributed by atoms with Crippen LogP contribution in [0.2, 0.25) is 0 Å². The lowest BCUT2D eigenvalue weighted by atomic mass is 9.93. The van der Waals surface area contributed by atoms with Crippen LogP contribution in [-0.2, 0) is 14.4 Å². The largest absolute Gasteiger partial charge is 0.481 e. The summed E-state index contributed by atoms with van der Waals surface area (Å²) in [7, 11) is 2.05. The van der Waals surface area contributed by atoms with Crippen molar-refractivity contribution < 1.29 is 34.5 Å². The highest BCUT2D eigenvalue weighted by Gasteiger charge is 2.38. The van der Waals surface area contributed by atoms with Gasteiger partial charge in [0.25, 0.3) is 17.8 Å². The highest BCUT2D eigenvalue weighted by atomic mass is 32.1. The van der Waals surface area contributed by atoms with Crippen LogP contribution in [0, 0.1) is 5.92 Å². The van der Waals surface area contributed by atoms with Crippen LogP contribution in [-0.4, -0.2) is 111 Å². The van der Waals surface area contributed by atoms with Gasteiger partial charge in [-0.05, 0) is 26.4 Å². The molecule has 186 valence electrons. The van der Waals surface area contributed by atoms with Gasteiger partial charge in [0.05, 0.1) is 12.0 Å². The molecular weight excluding hydrogens is 454 g/mol. The van der Waals surface area contributed by atoms with Crippen molar-refractivity contribution in [2.75, 3.05) is 52.0 Å². The van der Waals surface area contributed by atoms with E-state index in [0.717, 1.165) is 33.4 Å². The van der Waals surface area contributed by atoms with Crippen molar-refractivity contribution in [3.8, 4) is 0 Å². The Bertz CT molecular complexity index is 798. The number of likely N-dealkylation sites (tertiary alicyclic amines) is 1. The Labute approximate surface area is 196 Å². The number of aliphatic carboxylic acids is 2. The Morgan fingerprint density at radius 3 is 2.18 bits per heavy atom. The van der Waals surface area contributed by atoms with E-state index in [2.05, 4.69) is 9.88 Å². The van der Waals surface area contributed by atoms with E-state index < -0.39 is 24.0 Å². The number of carbonyl (C=O) groups is 4. The standard InChI is InChI=1S/C16H25N5O3S.2C2H4O2/c1-19-4-2-5-20(8-7-19)14(23)11-9-21(6-3-13(11)22)15(24)12-10-25-16(17)18-12;2*1-2(3)4/h10-11,13,22H,2-9H2,1H3,(H2,17,18);2*1H3,(H,3,4)/t11-,13+;;/m0../s1. The summed E-state index contributed by atoms with van der Waals surface area (Å²) in [6.45, 7) is 5.97. The summed E-state index contributed by atoms with van der Waals surface area (Å²) in [4.78, 5) is 53.1. The molecule has 2 atom stereocenters. The maximum absolute atomic E-state index is 12.9. The van der Waals surface area contributed by atoms with Crippen LogP contribution >= 0.6 is 11.3 Å². The number of likely N-dealkylation sites (N-methyl/N-ethyl adjacent to an activating group) is 1. The number of piperidine rings is 1. The van der Waals surface area contributed by atoms with Gasteiger partial charge in [-0.15, -0.1) is 11.3 Å². The summed E-state index contributed by atoms with van der Waals surface area (Å²) in [5.41, 5.74) is 5.91. The van der Waals surface area contributed by atoms with Crippen molar-refractivity contribution in [2.24, 2.45) is 5.92 Å². The van der Waals surface area contributed by atoms with E-state index in [1.165, 1.54) is 11.3 Å². The monoisotopic (exact) mass is 487 g/mol.